The third-order valence-electron chi connectivity index (χ3n) is 3.08. The van der Waals surface area contributed by atoms with E-state index >= 15 is 0 Å². The second-order valence-electron chi connectivity index (χ2n) is 5.28. The molecule has 0 saturated carbocycles. The lowest BCUT2D eigenvalue weighted by Crippen LogP contribution is -1.86. The molecular weight excluding hydrogens is 252 g/mol. The standard InChI is InChI=1S/C14H24.C5H12.C2H6/c1-5-7-8-10-14(4)12-11-13(3)9-6-2;1-3-5-4-2;1-2/h5H,1,3-4,6-12H2,2H3;3-5H2,1-2H3;1-2H3. The highest BCUT2D eigenvalue weighted by atomic mass is 14.0. The lowest BCUT2D eigenvalue weighted by molar-refractivity contribution is 0.758. The molecule has 0 spiro atoms. The predicted molar refractivity (Wildman–Crippen MR) is 103 cm³/mol. The van der Waals surface area contributed by atoms with Crippen molar-refractivity contribution in [3.8, 4) is 0 Å². The zero-order valence-electron chi connectivity index (χ0n) is 15.8. The van der Waals surface area contributed by atoms with E-state index in [2.05, 4.69) is 40.5 Å². The topological polar surface area (TPSA) is 0 Å². The Hall–Kier alpha value is -0.780. The average molecular weight is 295 g/mol. The average Bonchev–Trinajstić information content (AvgIpc) is 2.49. The van der Waals surface area contributed by atoms with Crippen LogP contribution in [0.1, 0.15) is 98.8 Å². The maximum atomic E-state index is 4.08. The molecule has 0 amide bonds. The lowest BCUT2D eigenvalue weighted by atomic mass is 10.0. The Balaban J connectivity index is -0.000000389. The van der Waals surface area contributed by atoms with Crippen molar-refractivity contribution in [2.75, 3.05) is 0 Å². The summed E-state index contributed by atoms with van der Waals surface area (Å²) < 4.78 is 0. The van der Waals surface area contributed by atoms with Crippen LogP contribution in [0.3, 0.4) is 0 Å². The van der Waals surface area contributed by atoms with Gasteiger partial charge in [-0.1, -0.05) is 90.7 Å². The summed E-state index contributed by atoms with van der Waals surface area (Å²) in [5, 5.41) is 0. The van der Waals surface area contributed by atoms with Crippen molar-refractivity contribution < 1.29 is 0 Å². The predicted octanol–water partition coefficient (Wildman–Crippen LogP) is 8.26. The molecule has 0 atom stereocenters. The summed E-state index contributed by atoms with van der Waals surface area (Å²) in [7, 11) is 0. The van der Waals surface area contributed by atoms with Crippen LogP contribution >= 0.6 is 0 Å². The molecule has 126 valence electrons. The van der Waals surface area contributed by atoms with Crippen molar-refractivity contribution in [1.82, 2.24) is 0 Å². The maximum Gasteiger partial charge on any atom is -0.0286 e. The molecule has 0 aromatic heterocycles. The summed E-state index contributed by atoms with van der Waals surface area (Å²) in [5.74, 6) is 0. The number of allylic oxidation sites excluding steroid dienone is 3. The van der Waals surface area contributed by atoms with Crippen LogP contribution in [0.25, 0.3) is 0 Å². The fourth-order valence-corrected chi connectivity index (χ4v) is 1.81. The van der Waals surface area contributed by atoms with Crippen LogP contribution in [0.2, 0.25) is 0 Å². The minimum absolute atomic E-state index is 1.11. The second kappa shape index (κ2) is 24.3. The Bertz CT molecular complexity index is 220. The summed E-state index contributed by atoms with van der Waals surface area (Å²) >= 11 is 0. The molecule has 0 bridgehead atoms. The summed E-state index contributed by atoms with van der Waals surface area (Å²) in [6.07, 6.45) is 14.1. The molecule has 0 heterocycles. The van der Waals surface area contributed by atoms with Crippen LogP contribution in [0.15, 0.2) is 37.0 Å². The number of hydrogen-bond acceptors (Lipinski definition) is 0. The van der Waals surface area contributed by atoms with Gasteiger partial charge in [0.15, 0.2) is 0 Å². The SMILES string of the molecule is C=CCCCC(=C)CCC(=C)CCC.CC.CCCCC. The fraction of sp³-hybridized carbons (Fsp3) is 0.714. The Morgan fingerprint density at radius 2 is 1.19 bits per heavy atom. The van der Waals surface area contributed by atoms with Crippen LogP contribution < -0.4 is 0 Å². The van der Waals surface area contributed by atoms with E-state index in [1.165, 1.54) is 49.7 Å². The molecule has 0 saturated heterocycles. The van der Waals surface area contributed by atoms with Crippen LogP contribution in [0.4, 0.5) is 0 Å². The van der Waals surface area contributed by atoms with E-state index in [4.69, 9.17) is 0 Å². The van der Waals surface area contributed by atoms with Crippen molar-refractivity contribution in [3.05, 3.63) is 37.0 Å². The van der Waals surface area contributed by atoms with Gasteiger partial charge in [0.25, 0.3) is 0 Å². The van der Waals surface area contributed by atoms with Gasteiger partial charge in [0, 0.05) is 0 Å². The fourth-order valence-electron chi connectivity index (χ4n) is 1.81. The molecule has 0 aliphatic carbocycles. The molecule has 0 unspecified atom stereocenters. The highest BCUT2D eigenvalue weighted by Gasteiger charge is 1.97. The third kappa shape index (κ3) is 28.2. The highest BCUT2D eigenvalue weighted by Crippen LogP contribution is 2.17. The Morgan fingerprint density at radius 3 is 1.52 bits per heavy atom. The maximum absolute atomic E-state index is 4.08. The lowest BCUT2D eigenvalue weighted by Gasteiger charge is -2.06. The van der Waals surface area contributed by atoms with Crippen molar-refractivity contribution >= 4 is 0 Å². The van der Waals surface area contributed by atoms with Gasteiger partial charge < -0.3 is 0 Å². The molecule has 0 heteroatoms. The van der Waals surface area contributed by atoms with Crippen LogP contribution in [-0.4, -0.2) is 0 Å². The first-order valence-corrected chi connectivity index (χ1v) is 9.06. The van der Waals surface area contributed by atoms with Gasteiger partial charge in [-0.05, 0) is 38.5 Å². The molecule has 0 rings (SSSR count). The minimum atomic E-state index is 1.11. The van der Waals surface area contributed by atoms with Gasteiger partial charge in [-0.25, -0.2) is 0 Å². The largest absolute Gasteiger partial charge is 0.103 e. The number of rotatable bonds is 11. The normalized spacial score (nSPS) is 8.81. The van der Waals surface area contributed by atoms with E-state index in [-0.39, 0.29) is 0 Å². The molecule has 0 N–H and O–H groups in total. The van der Waals surface area contributed by atoms with Gasteiger partial charge in [-0.2, -0.15) is 0 Å². The Kier molecular flexibility index (Phi) is 29.1. The van der Waals surface area contributed by atoms with E-state index in [1.54, 1.807) is 0 Å². The van der Waals surface area contributed by atoms with Gasteiger partial charge in [-0.3, -0.25) is 0 Å². The second-order valence-corrected chi connectivity index (χ2v) is 5.28. The molecular formula is C21H42. The van der Waals surface area contributed by atoms with Crippen LogP contribution in [0.5, 0.6) is 0 Å². The number of unbranched alkanes of at least 4 members (excludes halogenated alkanes) is 3. The molecule has 0 aromatic rings. The molecule has 0 radical (unpaired) electrons. The van der Waals surface area contributed by atoms with Crippen LogP contribution in [0, 0.1) is 0 Å². The van der Waals surface area contributed by atoms with Gasteiger partial charge >= 0.3 is 0 Å². The summed E-state index contributed by atoms with van der Waals surface area (Å²) in [4.78, 5) is 0. The van der Waals surface area contributed by atoms with E-state index < -0.39 is 0 Å². The molecule has 0 fully saturated rings. The van der Waals surface area contributed by atoms with Crippen molar-refractivity contribution in [2.24, 2.45) is 0 Å². The van der Waals surface area contributed by atoms with Gasteiger partial charge in [-0.15, -0.1) is 6.58 Å². The molecule has 0 nitrogen and oxygen atoms in total. The van der Waals surface area contributed by atoms with Gasteiger partial charge in [0.2, 0.25) is 0 Å². The Labute approximate surface area is 136 Å². The summed E-state index contributed by atoms with van der Waals surface area (Å²) in [6, 6.07) is 0. The van der Waals surface area contributed by atoms with Gasteiger partial charge in [0.05, 0.1) is 0 Å². The monoisotopic (exact) mass is 294 g/mol. The van der Waals surface area contributed by atoms with Crippen molar-refractivity contribution in [1.29, 1.82) is 0 Å². The smallest absolute Gasteiger partial charge is 0.0286 e. The Morgan fingerprint density at radius 1 is 0.714 bits per heavy atom. The van der Waals surface area contributed by atoms with E-state index in [0.29, 0.717) is 0 Å². The van der Waals surface area contributed by atoms with E-state index in [1.807, 2.05) is 19.9 Å². The zero-order chi connectivity index (χ0) is 16.9. The molecule has 21 heavy (non-hydrogen) atoms. The summed E-state index contributed by atoms with van der Waals surface area (Å²) in [5.41, 5.74) is 2.74. The van der Waals surface area contributed by atoms with E-state index in [0.717, 1.165) is 25.7 Å². The van der Waals surface area contributed by atoms with Crippen LogP contribution in [-0.2, 0) is 0 Å². The molecule has 0 aliphatic heterocycles. The van der Waals surface area contributed by atoms with Crippen molar-refractivity contribution in [2.45, 2.75) is 98.8 Å². The molecule has 0 aromatic carbocycles. The first-order chi connectivity index (χ1) is 10.1. The number of hydrogen-bond donors (Lipinski definition) is 0. The third-order valence-corrected chi connectivity index (χ3v) is 3.08. The van der Waals surface area contributed by atoms with E-state index in [9.17, 15) is 0 Å². The summed E-state index contributed by atoms with van der Waals surface area (Å²) in [6.45, 7) is 22.5. The van der Waals surface area contributed by atoms with Gasteiger partial charge in [0.1, 0.15) is 0 Å². The minimum Gasteiger partial charge on any atom is -0.103 e. The first kappa shape index (κ1) is 25.2. The zero-order valence-corrected chi connectivity index (χ0v) is 15.8. The quantitative estimate of drug-likeness (QED) is 0.266. The van der Waals surface area contributed by atoms with Crippen molar-refractivity contribution in [3.63, 3.8) is 0 Å². The highest BCUT2D eigenvalue weighted by molar-refractivity contribution is 5.02. The first-order valence-electron chi connectivity index (χ1n) is 9.06. The molecule has 0 aliphatic rings.